The number of nitrogens with zero attached hydrogens (tertiary/aromatic N) is 3. The van der Waals surface area contributed by atoms with Crippen LogP contribution < -0.4 is 5.32 Å². The minimum atomic E-state index is -0.849. The predicted octanol–water partition coefficient (Wildman–Crippen LogP) is 2.01. The zero-order valence-electron chi connectivity index (χ0n) is 14.8. The highest BCUT2D eigenvalue weighted by Gasteiger charge is 2.58. The second-order valence-corrected chi connectivity index (χ2v) is 8.37. The molecule has 5 unspecified atom stereocenters. The van der Waals surface area contributed by atoms with E-state index in [9.17, 15) is 14.4 Å². The molecule has 5 atom stereocenters. The molecular weight excluding hydrogens is 352 g/mol. The Morgan fingerprint density at radius 1 is 1.23 bits per heavy atom. The molecule has 2 heterocycles. The lowest BCUT2D eigenvalue weighted by Gasteiger charge is -2.38. The molecule has 1 N–H and O–H groups in total. The summed E-state index contributed by atoms with van der Waals surface area (Å²) in [4.78, 5) is 39.6. The topological polar surface area (TPSA) is 92.3 Å². The van der Waals surface area contributed by atoms with Gasteiger partial charge in [0.2, 0.25) is 22.9 Å². The van der Waals surface area contributed by atoms with Gasteiger partial charge in [0.15, 0.2) is 0 Å². The molecule has 1 aromatic rings. The molecule has 4 aliphatic rings. The van der Waals surface area contributed by atoms with Crippen LogP contribution in [0.15, 0.2) is 12.2 Å². The Balaban J connectivity index is 1.49. The van der Waals surface area contributed by atoms with Gasteiger partial charge in [-0.25, -0.2) is 0 Å². The molecule has 3 amide bonds. The number of hydrogen-bond acceptors (Lipinski definition) is 6. The van der Waals surface area contributed by atoms with E-state index in [-0.39, 0.29) is 35.5 Å². The van der Waals surface area contributed by atoms with Gasteiger partial charge in [-0.05, 0) is 38.0 Å². The van der Waals surface area contributed by atoms with Crippen molar-refractivity contribution >= 4 is 34.2 Å². The number of likely N-dealkylation sites (tertiary alicyclic amines) is 1. The molecule has 2 bridgehead atoms. The molecule has 7 nitrogen and oxygen atoms in total. The van der Waals surface area contributed by atoms with Crippen molar-refractivity contribution in [3.63, 3.8) is 0 Å². The van der Waals surface area contributed by atoms with Gasteiger partial charge < -0.3 is 0 Å². The molecule has 1 saturated heterocycles. The van der Waals surface area contributed by atoms with E-state index in [4.69, 9.17) is 0 Å². The maximum Gasteiger partial charge on any atom is 0.249 e. The number of fused-ring (bicyclic) bond motifs is 1. The van der Waals surface area contributed by atoms with Gasteiger partial charge in [0, 0.05) is 6.42 Å². The van der Waals surface area contributed by atoms with E-state index in [0.29, 0.717) is 5.13 Å². The van der Waals surface area contributed by atoms with E-state index < -0.39 is 11.9 Å². The Morgan fingerprint density at radius 2 is 1.85 bits per heavy atom. The highest BCUT2D eigenvalue weighted by molar-refractivity contribution is 7.15. The highest BCUT2D eigenvalue weighted by Crippen LogP contribution is 2.49. The number of nitrogens with one attached hydrogen (secondary N) is 1. The number of hydrogen-bond donors (Lipinski definition) is 1. The van der Waals surface area contributed by atoms with Gasteiger partial charge in [0.05, 0.1) is 11.8 Å². The molecule has 1 aliphatic heterocycles. The van der Waals surface area contributed by atoms with Gasteiger partial charge in [-0.15, -0.1) is 10.2 Å². The second-order valence-electron chi connectivity index (χ2n) is 7.30. The fourth-order valence-electron chi connectivity index (χ4n) is 4.43. The van der Waals surface area contributed by atoms with Crippen LogP contribution in [0, 0.1) is 23.7 Å². The molecule has 1 saturated carbocycles. The maximum absolute atomic E-state index is 12.9. The molecule has 138 valence electrons. The van der Waals surface area contributed by atoms with Crippen LogP contribution in [-0.4, -0.2) is 38.9 Å². The van der Waals surface area contributed by atoms with Crippen molar-refractivity contribution in [2.45, 2.75) is 45.6 Å². The number of anilines is 1. The molecule has 0 aromatic carbocycles. The number of carbonyl (C=O) groups excluding carboxylic acids is 3. The van der Waals surface area contributed by atoms with Crippen molar-refractivity contribution in [1.82, 2.24) is 15.1 Å². The summed E-state index contributed by atoms with van der Waals surface area (Å²) in [6.45, 7) is 3.65. The lowest BCUT2D eigenvalue weighted by molar-refractivity contribution is -0.146. The summed E-state index contributed by atoms with van der Waals surface area (Å²) in [5, 5.41) is 12.0. The quantitative estimate of drug-likeness (QED) is 0.629. The van der Waals surface area contributed by atoms with Crippen LogP contribution in [0.2, 0.25) is 0 Å². The Bertz CT molecular complexity index is 757. The first-order chi connectivity index (χ1) is 12.5. The average Bonchev–Trinajstić information content (AvgIpc) is 3.19. The zero-order valence-corrected chi connectivity index (χ0v) is 15.7. The minimum Gasteiger partial charge on any atom is -0.299 e. The third-order valence-electron chi connectivity index (χ3n) is 5.72. The normalized spacial score (nSPS) is 30.6. The fraction of sp³-hybridized carbons (Fsp3) is 0.611. The number of aromatic nitrogens is 2. The van der Waals surface area contributed by atoms with E-state index >= 15 is 0 Å². The summed E-state index contributed by atoms with van der Waals surface area (Å²) in [5.74, 6) is -1.14. The zero-order chi connectivity index (χ0) is 18.4. The molecule has 1 aromatic heterocycles. The van der Waals surface area contributed by atoms with Crippen LogP contribution in [0.4, 0.5) is 5.13 Å². The van der Waals surface area contributed by atoms with Crippen molar-refractivity contribution < 1.29 is 14.4 Å². The summed E-state index contributed by atoms with van der Waals surface area (Å²) >= 11 is 1.33. The first-order valence-electron chi connectivity index (χ1n) is 9.19. The van der Waals surface area contributed by atoms with E-state index in [1.807, 2.05) is 6.92 Å². The van der Waals surface area contributed by atoms with E-state index in [1.165, 1.54) is 16.2 Å². The third-order valence-corrected chi connectivity index (χ3v) is 6.62. The number of rotatable bonds is 5. The number of allylic oxidation sites excluding steroid dienone is 2. The molecule has 5 rings (SSSR count). The molecule has 26 heavy (non-hydrogen) atoms. The number of aryl methyl sites for hydroxylation is 1. The Kier molecular flexibility index (Phi) is 4.38. The van der Waals surface area contributed by atoms with Crippen molar-refractivity contribution in [2.75, 3.05) is 5.32 Å². The first kappa shape index (κ1) is 17.3. The largest absolute Gasteiger partial charge is 0.299 e. The fourth-order valence-corrected chi connectivity index (χ4v) is 5.27. The van der Waals surface area contributed by atoms with Crippen LogP contribution in [0.25, 0.3) is 0 Å². The van der Waals surface area contributed by atoms with Crippen molar-refractivity contribution in [1.29, 1.82) is 0 Å². The second kappa shape index (κ2) is 6.57. The number of imide groups is 1. The van der Waals surface area contributed by atoms with Crippen LogP contribution >= 0.6 is 11.3 Å². The SMILES string of the molecule is CCCc1nnc(NC(=O)C(C)N2C(=O)C3C4C=CC(CC4)C3C2=O)s1. The standard InChI is InChI=1S/C18H22N4O3S/c1-3-4-12-20-21-18(26-12)19-15(23)9(2)22-16(24)13-10-5-6-11(8-7-10)14(13)17(22)25/h5-6,9-11,13-14H,3-4,7-8H2,1-2H3,(H,19,21,23). The van der Waals surface area contributed by atoms with Crippen LogP contribution in [0.1, 0.15) is 38.1 Å². The lowest BCUT2D eigenvalue weighted by atomic mass is 9.63. The molecule has 3 aliphatic carbocycles. The number of amides is 3. The number of carbonyl (C=O) groups is 3. The third kappa shape index (κ3) is 2.67. The summed E-state index contributed by atoms with van der Waals surface area (Å²) in [7, 11) is 0. The Labute approximate surface area is 155 Å². The van der Waals surface area contributed by atoms with Crippen LogP contribution in [-0.2, 0) is 20.8 Å². The molecule has 8 heteroatoms. The monoisotopic (exact) mass is 374 g/mol. The highest BCUT2D eigenvalue weighted by atomic mass is 32.1. The van der Waals surface area contributed by atoms with Crippen LogP contribution in [0.3, 0.4) is 0 Å². The summed E-state index contributed by atoms with van der Waals surface area (Å²) < 4.78 is 0. The van der Waals surface area contributed by atoms with E-state index in [1.54, 1.807) is 6.92 Å². The molecular formula is C18H22N4O3S. The van der Waals surface area contributed by atoms with Gasteiger partial charge in [-0.2, -0.15) is 0 Å². The molecule has 2 fully saturated rings. The average molecular weight is 374 g/mol. The Morgan fingerprint density at radius 3 is 2.38 bits per heavy atom. The van der Waals surface area contributed by atoms with Gasteiger partial charge >= 0.3 is 0 Å². The summed E-state index contributed by atoms with van der Waals surface area (Å²) in [6.07, 6.45) is 7.80. The summed E-state index contributed by atoms with van der Waals surface area (Å²) in [5.41, 5.74) is 0. The molecule has 0 spiro atoms. The summed E-state index contributed by atoms with van der Waals surface area (Å²) in [6, 6.07) is -0.849. The predicted molar refractivity (Wildman–Crippen MR) is 96.2 cm³/mol. The first-order valence-corrected chi connectivity index (χ1v) is 10.0. The Hall–Kier alpha value is -2.09. The lowest BCUT2D eigenvalue weighted by Crippen LogP contribution is -2.46. The van der Waals surface area contributed by atoms with Gasteiger partial charge in [-0.3, -0.25) is 24.6 Å². The molecule has 0 radical (unpaired) electrons. The van der Waals surface area contributed by atoms with Crippen molar-refractivity contribution in [3.8, 4) is 0 Å². The van der Waals surface area contributed by atoms with Crippen molar-refractivity contribution in [2.24, 2.45) is 23.7 Å². The van der Waals surface area contributed by atoms with Crippen LogP contribution in [0.5, 0.6) is 0 Å². The maximum atomic E-state index is 12.9. The van der Waals surface area contributed by atoms with Crippen molar-refractivity contribution in [3.05, 3.63) is 17.2 Å². The van der Waals surface area contributed by atoms with Gasteiger partial charge in [0.25, 0.3) is 0 Å². The van der Waals surface area contributed by atoms with E-state index in [0.717, 1.165) is 30.7 Å². The van der Waals surface area contributed by atoms with Gasteiger partial charge in [-0.1, -0.05) is 30.4 Å². The smallest absolute Gasteiger partial charge is 0.249 e. The van der Waals surface area contributed by atoms with Gasteiger partial charge in [0.1, 0.15) is 11.0 Å². The van der Waals surface area contributed by atoms with E-state index in [2.05, 4.69) is 27.7 Å². The minimum absolute atomic E-state index is 0.126.